The van der Waals surface area contributed by atoms with Crippen molar-refractivity contribution in [2.75, 3.05) is 25.5 Å². The second kappa shape index (κ2) is 11.8. The zero-order valence-electron chi connectivity index (χ0n) is 21.3. The minimum Gasteiger partial charge on any atom is -0.394 e. The maximum absolute atomic E-state index is 16.0. The predicted octanol–water partition coefficient (Wildman–Crippen LogP) is 6.46. The van der Waals surface area contributed by atoms with E-state index in [-0.39, 0.29) is 17.3 Å². The van der Waals surface area contributed by atoms with E-state index in [1.54, 1.807) is 36.8 Å². The average Bonchev–Trinajstić information content (AvgIpc) is 3.35. The van der Waals surface area contributed by atoms with Crippen LogP contribution in [0.5, 0.6) is 0 Å². The molecule has 0 bridgehead atoms. The number of alkyl halides is 2. The van der Waals surface area contributed by atoms with Gasteiger partial charge in [-0.05, 0) is 43.5 Å². The number of rotatable bonds is 9. The standard InChI is InChI=1S/C26H28F2N4.C3H7N/c1-5-7-9-17(3)32(4)23-16-31-25(20-11-8-10-18(6-2)24(20)23)26(27,28)21-14-30-22-15-29-13-12-19(21)22;1-3-4-2/h5-6,8,10-11,14-17,30H,1-2,7,9,12-13H2,3-4H3;3-4H,1H2,2H3. The third kappa shape index (κ3) is 5.25. The maximum atomic E-state index is 16.0. The molecule has 0 aliphatic carbocycles. The number of aliphatic imine (C=N–C) groups is 1. The predicted molar refractivity (Wildman–Crippen MR) is 148 cm³/mol. The number of H-pyrrole nitrogens is 1. The molecule has 0 saturated carbocycles. The summed E-state index contributed by atoms with van der Waals surface area (Å²) < 4.78 is 31.9. The molecule has 36 heavy (non-hydrogen) atoms. The van der Waals surface area contributed by atoms with Crippen molar-refractivity contribution < 1.29 is 8.78 Å². The number of nitrogens with zero attached hydrogens (tertiary/aromatic N) is 3. The van der Waals surface area contributed by atoms with Crippen LogP contribution >= 0.6 is 0 Å². The highest BCUT2D eigenvalue weighted by molar-refractivity contribution is 6.01. The van der Waals surface area contributed by atoms with Crippen molar-refractivity contribution in [3.05, 3.63) is 90.7 Å². The number of nitrogens with one attached hydrogen (secondary N) is 2. The Bertz CT molecular complexity index is 1260. The van der Waals surface area contributed by atoms with Crippen molar-refractivity contribution in [1.29, 1.82) is 0 Å². The van der Waals surface area contributed by atoms with Gasteiger partial charge in [-0.25, -0.2) is 0 Å². The van der Waals surface area contributed by atoms with Gasteiger partial charge in [-0.2, -0.15) is 8.78 Å². The van der Waals surface area contributed by atoms with Crippen LogP contribution < -0.4 is 10.2 Å². The molecule has 3 aromatic rings. The molecule has 0 radical (unpaired) electrons. The Morgan fingerprint density at radius 1 is 1.28 bits per heavy atom. The lowest BCUT2D eigenvalue weighted by atomic mass is 9.94. The van der Waals surface area contributed by atoms with Gasteiger partial charge >= 0.3 is 5.92 Å². The molecule has 4 rings (SSSR count). The highest BCUT2D eigenvalue weighted by Crippen LogP contribution is 2.43. The lowest BCUT2D eigenvalue weighted by Gasteiger charge is -2.29. The molecule has 2 N–H and O–H groups in total. The van der Waals surface area contributed by atoms with Gasteiger partial charge < -0.3 is 15.2 Å². The molecule has 1 aliphatic heterocycles. The topological polar surface area (TPSA) is 56.3 Å². The van der Waals surface area contributed by atoms with Gasteiger partial charge in [-0.3, -0.25) is 9.98 Å². The van der Waals surface area contributed by atoms with Crippen LogP contribution in [-0.4, -0.2) is 42.9 Å². The number of allylic oxidation sites excluding steroid dienone is 1. The van der Waals surface area contributed by atoms with Crippen LogP contribution in [0.15, 0.2) is 67.6 Å². The van der Waals surface area contributed by atoms with Gasteiger partial charge in [0.05, 0.1) is 17.6 Å². The molecule has 2 aromatic heterocycles. The van der Waals surface area contributed by atoms with Crippen molar-refractivity contribution in [3.8, 4) is 0 Å². The van der Waals surface area contributed by atoms with Gasteiger partial charge in [0, 0.05) is 55.4 Å². The second-order valence-corrected chi connectivity index (χ2v) is 8.74. The molecule has 1 unspecified atom stereocenters. The summed E-state index contributed by atoms with van der Waals surface area (Å²) in [5.41, 5.74) is 2.61. The molecule has 1 atom stereocenters. The Hall–Kier alpha value is -3.74. The van der Waals surface area contributed by atoms with Crippen LogP contribution in [-0.2, 0) is 12.3 Å². The first kappa shape index (κ1) is 26.9. The van der Waals surface area contributed by atoms with E-state index in [2.05, 4.69) is 51.8 Å². The quantitative estimate of drug-likeness (QED) is 0.338. The van der Waals surface area contributed by atoms with Crippen molar-refractivity contribution in [3.63, 3.8) is 0 Å². The minimum atomic E-state index is -3.25. The fourth-order valence-electron chi connectivity index (χ4n) is 4.38. The van der Waals surface area contributed by atoms with Crippen LogP contribution in [0, 0.1) is 0 Å². The number of hydrogen-bond acceptors (Lipinski definition) is 4. The molecule has 7 heteroatoms. The molecular weight excluding hydrogens is 456 g/mol. The lowest BCUT2D eigenvalue weighted by Crippen LogP contribution is -2.29. The molecule has 3 heterocycles. The number of aromatic nitrogens is 2. The van der Waals surface area contributed by atoms with Crippen LogP contribution in [0.3, 0.4) is 0 Å². The monoisotopic (exact) mass is 491 g/mol. The molecular formula is C29H35F2N5. The van der Waals surface area contributed by atoms with Gasteiger partial charge in [-0.1, -0.05) is 43.5 Å². The summed E-state index contributed by atoms with van der Waals surface area (Å²) in [7, 11) is 3.79. The second-order valence-electron chi connectivity index (χ2n) is 8.74. The first-order valence-corrected chi connectivity index (χ1v) is 12.1. The van der Waals surface area contributed by atoms with Crippen molar-refractivity contribution in [2.45, 2.75) is 38.2 Å². The van der Waals surface area contributed by atoms with Crippen LogP contribution in [0.1, 0.15) is 47.8 Å². The number of pyridine rings is 1. The summed E-state index contributed by atoms with van der Waals surface area (Å²) in [6.45, 7) is 13.7. The van der Waals surface area contributed by atoms with Gasteiger partial charge in [0.2, 0.25) is 0 Å². The van der Waals surface area contributed by atoms with Gasteiger partial charge in [-0.15, -0.1) is 6.58 Å². The van der Waals surface area contributed by atoms with Crippen LogP contribution in [0.4, 0.5) is 14.5 Å². The Kier molecular flexibility index (Phi) is 8.80. The van der Waals surface area contributed by atoms with E-state index in [9.17, 15) is 0 Å². The SMILES string of the molecule is C=CCCC(C)N(C)c1cnc(C(F)(F)c2c[nH]c3c2CCN=C3)c2cccc(C=C)c12.C=CNC. The minimum absolute atomic E-state index is 0.0306. The fraction of sp³-hybridized carbons (Fsp3) is 0.310. The Morgan fingerprint density at radius 3 is 2.69 bits per heavy atom. The Labute approximate surface area is 212 Å². The zero-order chi connectivity index (χ0) is 26.3. The molecule has 1 aliphatic rings. The van der Waals surface area contributed by atoms with Crippen LogP contribution in [0.2, 0.25) is 0 Å². The van der Waals surface area contributed by atoms with Crippen LogP contribution in [0.25, 0.3) is 16.8 Å². The van der Waals surface area contributed by atoms with E-state index in [4.69, 9.17) is 0 Å². The van der Waals surface area contributed by atoms with E-state index in [1.165, 1.54) is 6.20 Å². The molecule has 1 aromatic carbocycles. The summed E-state index contributed by atoms with van der Waals surface area (Å²) >= 11 is 0. The van der Waals surface area contributed by atoms with Gasteiger partial charge in [0.1, 0.15) is 5.69 Å². The van der Waals surface area contributed by atoms with Crippen molar-refractivity contribution >= 4 is 28.8 Å². The first-order valence-electron chi connectivity index (χ1n) is 12.1. The normalized spacial score (nSPS) is 13.2. The fourth-order valence-corrected chi connectivity index (χ4v) is 4.38. The first-order chi connectivity index (χ1) is 17.3. The smallest absolute Gasteiger partial charge is 0.317 e. The van der Waals surface area contributed by atoms with Crippen molar-refractivity contribution in [1.82, 2.24) is 15.3 Å². The number of halogens is 2. The molecule has 0 spiro atoms. The van der Waals surface area contributed by atoms with E-state index < -0.39 is 5.92 Å². The lowest BCUT2D eigenvalue weighted by molar-refractivity contribution is 0.0391. The van der Waals surface area contributed by atoms with E-state index in [0.717, 1.165) is 29.5 Å². The molecule has 0 amide bonds. The van der Waals surface area contributed by atoms with Gasteiger partial charge in [0.25, 0.3) is 0 Å². The number of hydrogen-bond donors (Lipinski definition) is 2. The highest BCUT2D eigenvalue weighted by Gasteiger charge is 2.41. The van der Waals surface area contributed by atoms with E-state index in [0.29, 0.717) is 29.6 Å². The molecule has 0 fully saturated rings. The number of benzene rings is 1. The van der Waals surface area contributed by atoms with E-state index >= 15 is 8.78 Å². The summed E-state index contributed by atoms with van der Waals surface area (Å²) in [5, 5.41) is 3.87. The summed E-state index contributed by atoms with van der Waals surface area (Å²) in [4.78, 5) is 13.6. The number of fused-ring (bicyclic) bond motifs is 2. The number of anilines is 1. The Morgan fingerprint density at radius 2 is 2.03 bits per heavy atom. The zero-order valence-corrected chi connectivity index (χ0v) is 21.3. The highest BCUT2D eigenvalue weighted by atomic mass is 19.3. The van der Waals surface area contributed by atoms with E-state index in [1.807, 2.05) is 26.2 Å². The summed E-state index contributed by atoms with van der Waals surface area (Å²) in [6, 6.07) is 5.60. The molecule has 0 saturated heterocycles. The Balaban J connectivity index is 0.000000840. The number of aromatic amines is 1. The summed E-state index contributed by atoms with van der Waals surface area (Å²) in [5.74, 6) is -3.25. The largest absolute Gasteiger partial charge is 0.394 e. The maximum Gasteiger partial charge on any atom is 0.317 e. The molecule has 5 nitrogen and oxygen atoms in total. The average molecular weight is 492 g/mol. The van der Waals surface area contributed by atoms with Gasteiger partial charge in [0.15, 0.2) is 0 Å². The molecule has 190 valence electrons. The summed E-state index contributed by atoms with van der Waals surface area (Å²) in [6.07, 6.45) is 12.1. The third-order valence-electron chi connectivity index (χ3n) is 6.55. The van der Waals surface area contributed by atoms with Crippen molar-refractivity contribution in [2.24, 2.45) is 4.99 Å². The third-order valence-corrected chi connectivity index (χ3v) is 6.55.